The fourth-order valence-corrected chi connectivity index (χ4v) is 2.67. The minimum atomic E-state index is -0.915. The van der Waals surface area contributed by atoms with E-state index in [-0.39, 0.29) is 13.2 Å². The first-order chi connectivity index (χ1) is 9.19. The van der Waals surface area contributed by atoms with Crippen LogP contribution < -0.4 is 4.74 Å². The molecule has 19 heavy (non-hydrogen) atoms. The summed E-state index contributed by atoms with van der Waals surface area (Å²) in [6.07, 6.45) is 5.21. The summed E-state index contributed by atoms with van der Waals surface area (Å²) in [5, 5.41) is 19.6. The van der Waals surface area contributed by atoms with Gasteiger partial charge in [0.2, 0.25) is 0 Å². The molecule has 1 aromatic rings. The highest BCUT2D eigenvalue weighted by molar-refractivity contribution is 5.75. The maximum Gasteiger partial charge on any atom is 0.150 e. The number of ether oxygens (including phenoxy) is 1. The van der Waals surface area contributed by atoms with E-state index in [2.05, 4.69) is 0 Å². The van der Waals surface area contributed by atoms with Crippen molar-refractivity contribution in [2.45, 2.75) is 37.7 Å². The number of carbonyl (C=O) groups excluding carboxylic acids is 1. The summed E-state index contributed by atoms with van der Waals surface area (Å²) in [5.41, 5.74) is 0.290. The largest absolute Gasteiger partial charge is 0.491 e. The average molecular weight is 264 g/mol. The molecule has 2 rings (SSSR count). The summed E-state index contributed by atoms with van der Waals surface area (Å²) in [6.45, 7) is 0.108. The van der Waals surface area contributed by atoms with Crippen LogP contribution in [0.15, 0.2) is 18.2 Å². The minimum Gasteiger partial charge on any atom is -0.491 e. The van der Waals surface area contributed by atoms with Gasteiger partial charge in [0.15, 0.2) is 0 Å². The van der Waals surface area contributed by atoms with Crippen molar-refractivity contribution in [2.24, 2.45) is 0 Å². The lowest BCUT2D eigenvalue weighted by molar-refractivity contribution is -0.00336. The number of aldehydes is 1. The molecule has 0 spiro atoms. The highest BCUT2D eigenvalue weighted by atomic mass is 16.5. The second kappa shape index (κ2) is 6.17. The molecule has 0 amide bonds. The first-order valence-corrected chi connectivity index (χ1v) is 6.75. The summed E-state index contributed by atoms with van der Waals surface area (Å²) in [4.78, 5) is 10.9. The number of benzene rings is 1. The van der Waals surface area contributed by atoms with Gasteiger partial charge >= 0.3 is 0 Å². The molecule has 2 N–H and O–H groups in total. The topological polar surface area (TPSA) is 66.8 Å². The van der Waals surface area contributed by atoms with E-state index in [9.17, 15) is 9.90 Å². The lowest BCUT2D eigenvalue weighted by atomic mass is 9.79. The standard InChI is InChI=1S/C15H20O4/c16-8-9-19-14-5-4-12(11-17)10-13(14)15(18)6-2-1-3-7-15/h4-5,10-11,16,18H,1-3,6-9H2. The smallest absolute Gasteiger partial charge is 0.150 e. The van der Waals surface area contributed by atoms with Gasteiger partial charge < -0.3 is 14.9 Å². The quantitative estimate of drug-likeness (QED) is 0.798. The number of hydrogen-bond acceptors (Lipinski definition) is 4. The van der Waals surface area contributed by atoms with Gasteiger partial charge in [0, 0.05) is 11.1 Å². The summed E-state index contributed by atoms with van der Waals surface area (Å²) in [5.74, 6) is 0.559. The lowest BCUT2D eigenvalue weighted by Gasteiger charge is -2.33. The normalized spacial score (nSPS) is 18.0. The predicted octanol–water partition coefficient (Wildman–Crippen LogP) is 2.02. The van der Waals surface area contributed by atoms with Crippen molar-refractivity contribution >= 4 is 6.29 Å². The van der Waals surface area contributed by atoms with E-state index in [0.29, 0.717) is 29.7 Å². The van der Waals surface area contributed by atoms with Gasteiger partial charge in [-0.1, -0.05) is 19.3 Å². The second-order valence-corrected chi connectivity index (χ2v) is 5.04. The Hall–Kier alpha value is -1.39. The zero-order chi connectivity index (χ0) is 13.7. The highest BCUT2D eigenvalue weighted by Crippen LogP contribution is 2.41. The van der Waals surface area contributed by atoms with E-state index in [1.165, 1.54) is 0 Å². The first-order valence-electron chi connectivity index (χ1n) is 6.75. The fourth-order valence-electron chi connectivity index (χ4n) is 2.67. The van der Waals surface area contributed by atoms with Crippen LogP contribution in [-0.2, 0) is 5.60 Å². The van der Waals surface area contributed by atoms with Gasteiger partial charge in [0.05, 0.1) is 12.2 Å². The molecular formula is C15H20O4. The van der Waals surface area contributed by atoms with Gasteiger partial charge in [-0.2, -0.15) is 0 Å². The third-order valence-electron chi connectivity index (χ3n) is 3.67. The summed E-state index contributed by atoms with van der Waals surface area (Å²) in [6, 6.07) is 5.06. The molecule has 0 unspecified atom stereocenters. The SMILES string of the molecule is O=Cc1ccc(OCCO)c(C2(O)CCCCC2)c1. The maximum atomic E-state index is 10.9. The van der Waals surface area contributed by atoms with Crippen molar-refractivity contribution in [2.75, 3.05) is 13.2 Å². The van der Waals surface area contributed by atoms with Crippen LogP contribution in [0.25, 0.3) is 0 Å². The van der Waals surface area contributed by atoms with Crippen LogP contribution in [0.2, 0.25) is 0 Å². The Kier molecular flexibility index (Phi) is 4.56. The van der Waals surface area contributed by atoms with Crippen molar-refractivity contribution in [1.82, 2.24) is 0 Å². The number of carbonyl (C=O) groups is 1. The molecule has 0 aromatic heterocycles. The molecule has 0 atom stereocenters. The average Bonchev–Trinajstić information content (AvgIpc) is 2.45. The molecule has 1 aromatic carbocycles. The molecule has 104 valence electrons. The monoisotopic (exact) mass is 264 g/mol. The van der Waals surface area contributed by atoms with Gasteiger partial charge in [-0.05, 0) is 31.0 Å². The van der Waals surface area contributed by atoms with Gasteiger partial charge in [0.1, 0.15) is 18.6 Å². The Morgan fingerprint density at radius 3 is 2.63 bits per heavy atom. The summed E-state index contributed by atoms with van der Waals surface area (Å²) < 4.78 is 5.48. The maximum absolute atomic E-state index is 10.9. The molecule has 0 saturated heterocycles. The van der Waals surface area contributed by atoms with Crippen LogP contribution in [0.4, 0.5) is 0 Å². The number of rotatable bonds is 5. The van der Waals surface area contributed by atoms with Gasteiger partial charge in [-0.3, -0.25) is 4.79 Å². The van der Waals surface area contributed by atoms with E-state index < -0.39 is 5.60 Å². The Morgan fingerprint density at radius 1 is 1.26 bits per heavy atom. The minimum absolute atomic E-state index is 0.0761. The van der Waals surface area contributed by atoms with E-state index in [4.69, 9.17) is 9.84 Å². The van der Waals surface area contributed by atoms with Gasteiger partial charge in [-0.15, -0.1) is 0 Å². The van der Waals surface area contributed by atoms with Crippen LogP contribution in [0.5, 0.6) is 5.75 Å². The van der Waals surface area contributed by atoms with E-state index >= 15 is 0 Å². The van der Waals surface area contributed by atoms with E-state index in [0.717, 1.165) is 25.5 Å². The summed E-state index contributed by atoms with van der Waals surface area (Å²) in [7, 11) is 0. The van der Waals surface area contributed by atoms with Crippen molar-refractivity contribution < 1.29 is 19.7 Å². The van der Waals surface area contributed by atoms with Crippen LogP contribution in [0.1, 0.15) is 48.0 Å². The van der Waals surface area contributed by atoms with Crippen molar-refractivity contribution in [1.29, 1.82) is 0 Å². The molecular weight excluding hydrogens is 244 g/mol. The molecule has 4 nitrogen and oxygen atoms in total. The Bertz CT molecular complexity index is 436. The second-order valence-electron chi connectivity index (χ2n) is 5.04. The first kappa shape index (κ1) is 14.0. The predicted molar refractivity (Wildman–Crippen MR) is 71.4 cm³/mol. The number of hydrogen-bond donors (Lipinski definition) is 2. The third kappa shape index (κ3) is 3.14. The molecule has 0 radical (unpaired) electrons. The zero-order valence-electron chi connectivity index (χ0n) is 11.0. The summed E-state index contributed by atoms with van der Waals surface area (Å²) >= 11 is 0. The third-order valence-corrected chi connectivity index (χ3v) is 3.67. The highest BCUT2D eigenvalue weighted by Gasteiger charge is 2.34. The van der Waals surface area contributed by atoms with Gasteiger partial charge in [-0.25, -0.2) is 0 Å². The van der Waals surface area contributed by atoms with Crippen LogP contribution in [0.3, 0.4) is 0 Å². The zero-order valence-corrected chi connectivity index (χ0v) is 11.0. The Labute approximate surface area is 113 Å². The van der Waals surface area contributed by atoms with Crippen molar-refractivity contribution in [3.8, 4) is 5.75 Å². The van der Waals surface area contributed by atoms with Crippen LogP contribution in [0, 0.1) is 0 Å². The van der Waals surface area contributed by atoms with E-state index in [1.807, 2.05) is 0 Å². The van der Waals surface area contributed by atoms with Crippen LogP contribution >= 0.6 is 0 Å². The molecule has 4 heteroatoms. The molecule has 0 bridgehead atoms. The van der Waals surface area contributed by atoms with E-state index in [1.54, 1.807) is 18.2 Å². The van der Waals surface area contributed by atoms with Gasteiger partial charge in [0.25, 0.3) is 0 Å². The number of aliphatic hydroxyl groups excluding tert-OH is 1. The molecule has 1 aliphatic carbocycles. The molecule has 0 heterocycles. The fraction of sp³-hybridized carbons (Fsp3) is 0.533. The Balaban J connectivity index is 2.35. The van der Waals surface area contributed by atoms with Crippen molar-refractivity contribution in [3.63, 3.8) is 0 Å². The Morgan fingerprint density at radius 2 is 2.00 bits per heavy atom. The molecule has 0 aliphatic heterocycles. The van der Waals surface area contributed by atoms with Crippen molar-refractivity contribution in [3.05, 3.63) is 29.3 Å². The van der Waals surface area contributed by atoms with Crippen LogP contribution in [-0.4, -0.2) is 29.7 Å². The molecule has 1 saturated carbocycles. The number of aliphatic hydroxyl groups is 2. The molecule has 1 fully saturated rings. The lowest BCUT2D eigenvalue weighted by Crippen LogP contribution is -2.29. The molecule has 1 aliphatic rings.